The third kappa shape index (κ3) is 3.44. The predicted octanol–water partition coefficient (Wildman–Crippen LogP) is 4.98. The van der Waals surface area contributed by atoms with Crippen molar-refractivity contribution in [2.75, 3.05) is 0 Å². The van der Waals surface area contributed by atoms with E-state index in [0.29, 0.717) is 16.2 Å². The molecule has 5 heteroatoms. The molecule has 0 atom stereocenters. The van der Waals surface area contributed by atoms with Gasteiger partial charge in [0.25, 0.3) is 0 Å². The van der Waals surface area contributed by atoms with Crippen LogP contribution in [0.5, 0.6) is 5.75 Å². The molecule has 1 aromatic heterocycles. The first kappa shape index (κ1) is 17.2. The molecule has 4 nitrogen and oxygen atoms in total. The molecule has 0 N–H and O–H groups in total. The molecule has 128 valence electrons. The van der Waals surface area contributed by atoms with E-state index in [2.05, 4.69) is 0 Å². The number of carbonyl (C=O) groups excluding carboxylic acids is 1. The first-order valence-electron chi connectivity index (χ1n) is 7.92. The zero-order chi connectivity index (χ0) is 18.1. The molecule has 0 aliphatic rings. The fourth-order valence-corrected chi connectivity index (χ4v) is 2.53. The van der Waals surface area contributed by atoms with Gasteiger partial charge in [-0.1, -0.05) is 55.3 Å². The molecule has 0 amide bonds. The highest BCUT2D eigenvalue weighted by Crippen LogP contribution is 2.32. The van der Waals surface area contributed by atoms with E-state index in [1.807, 2.05) is 31.2 Å². The Morgan fingerprint density at radius 2 is 1.80 bits per heavy atom. The van der Waals surface area contributed by atoms with Gasteiger partial charge in [-0.25, -0.2) is 0 Å². The number of hydrogen-bond acceptors (Lipinski definition) is 4. The first-order chi connectivity index (χ1) is 11.9. The molecule has 0 radical (unpaired) electrons. The van der Waals surface area contributed by atoms with E-state index in [1.165, 1.54) is 6.07 Å². The fraction of sp³-hybridized carbons (Fsp3) is 0.200. The van der Waals surface area contributed by atoms with Crippen molar-refractivity contribution in [2.45, 2.75) is 20.8 Å². The van der Waals surface area contributed by atoms with Crippen LogP contribution < -0.4 is 10.2 Å². The maximum Gasteiger partial charge on any atom is 0.314 e. The molecular formula is C20H17ClO4. The van der Waals surface area contributed by atoms with Crippen molar-refractivity contribution in [1.82, 2.24) is 0 Å². The lowest BCUT2D eigenvalue weighted by atomic mass is 10.1. The number of carbonyl (C=O) groups is 1. The van der Waals surface area contributed by atoms with Gasteiger partial charge >= 0.3 is 5.97 Å². The van der Waals surface area contributed by atoms with E-state index in [1.54, 1.807) is 26.0 Å². The molecule has 3 aromatic rings. The monoisotopic (exact) mass is 356 g/mol. The Morgan fingerprint density at radius 3 is 2.44 bits per heavy atom. The fourth-order valence-electron chi connectivity index (χ4n) is 2.36. The van der Waals surface area contributed by atoms with Crippen molar-refractivity contribution in [2.24, 2.45) is 5.92 Å². The molecule has 25 heavy (non-hydrogen) atoms. The van der Waals surface area contributed by atoms with Crippen LogP contribution in [0.1, 0.15) is 19.4 Å². The van der Waals surface area contributed by atoms with E-state index in [9.17, 15) is 9.59 Å². The maximum atomic E-state index is 12.9. The zero-order valence-corrected chi connectivity index (χ0v) is 14.9. The van der Waals surface area contributed by atoms with Crippen molar-refractivity contribution in [1.29, 1.82) is 0 Å². The first-order valence-corrected chi connectivity index (χ1v) is 8.29. The molecule has 3 rings (SSSR count). The van der Waals surface area contributed by atoms with Gasteiger partial charge in [0, 0.05) is 10.6 Å². The Bertz CT molecular complexity index is 1000. The SMILES string of the molecule is Cc1ccc(-c2oc3ccc(Cl)cc3c(=O)c2OC(=O)C(C)C)cc1. The van der Waals surface area contributed by atoms with Crippen LogP contribution in [0.4, 0.5) is 0 Å². The molecule has 2 aromatic carbocycles. The average Bonchev–Trinajstić information content (AvgIpc) is 2.58. The smallest absolute Gasteiger partial charge is 0.314 e. The molecule has 0 aliphatic heterocycles. The van der Waals surface area contributed by atoms with Crippen molar-refractivity contribution in [3.63, 3.8) is 0 Å². The summed E-state index contributed by atoms with van der Waals surface area (Å²) in [6, 6.07) is 12.2. The normalized spacial score (nSPS) is 11.1. The zero-order valence-electron chi connectivity index (χ0n) is 14.1. The number of esters is 1. The summed E-state index contributed by atoms with van der Waals surface area (Å²) in [6.07, 6.45) is 0. The molecule has 0 fully saturated rings. The van der Waals surface area contributed by atoms with Crippen LogP contribution in [0.15, 0.2) is 51.7 Å². The lowest BCUT2D eigenvalue weighted by Gasteiger charge is -2.12. The van der Waals surface area contributed by atoms with Crippen molar-refractivity contribution < 1.29 is 13.9 Å². The number of rotatable bonds is 3. The minimum atomic E-state index is -0.498. The van der Waals surface area contributed by atoms with Gasteiger partial charge in [0.15, 0.2) is 5.76 Å². The Kier molecular flexibility index (Phi) is 4.64. The van der Waals surface area contributed by atoms with Crippen LogP contribution in [-0.2, 0) is 4.79 Å². The molecule has 0 spiro atoms. The Balaban J connectivity index is 2.29. The number of benzene rings is 2. The van der Waals surface area contributed by atoms with Crippen LogP contribution in [0, 0.1) is 12.8 Å². The molecular weight excluding hydrogens is 340 g/mol. The van der Waals surface area contributed by atoms with Gasteiger partial charge in [-0.15, -0.1) is 0 Å². The quantitative estimate of drug-likeness (QED) is 0.621. The number of aryl methyl sites for hydroxylation is 1. The largest absolute Gasteiger partial charge is 0.452 e. The summed E-state index contributed by atoms with van der Waals surface area (Å²) in [4.78, 5) is 25.0. The summed E-state index contributed by atoms with van der Waals surface area (Å²) < 4.78 is 11.3. The second-order valence-corrected chi connectivity index (χ2v) is 6.61. The van der Waals surface area contributed by atoms with E-state index in [-0.39, 0.29) is 22.8 Å². The van der Waals surface area contributed by atoms with Crippen molar-refractivity contribution in [3.05, 3.63) is 63.3 Å². The van der Waals surface area contributed by atoms with Crippen LogP contribution in [0.3, 0.4) is 0 Å². The lowest BCUT2D eigenvalue weighted by Crippen LogP contribution is -2.20. The Labute approximate surface area is 150 Å². The van der Waals surface area contributed by atoms with E-state index in [0.717, 1.165) is 5.56 Å². The molecule has 0 bridgehead atoms. The topological polar surface area (TPSA) is 56.5 Å². The van der Waals surface area contributed by atoms with Crippen LogP contribution in [0.2, 0.25) is 5.02 Å². The van der Waals surface area contributed by atoms with E-state index < -0.39 is 11.4 Å². The van der Waals surface area contributed by atoms with E-state index in [4.69, 9.17) is 20.8 Å². The van der Waals surface area contributed by atoms with Crippen LogP contribution >= 0.6 is 11.6 Å². The summed E-state index contributed by atoms with van der Waals surface area (Å²) in [6.45, 7) is 5.36. The number of ether oxygens (including phenoxy) is 1. The molecule has 0 aliphatic carbocycles. The number of fused-ring (bicyclic) bond motifs is 1. The minimum absolute atomic E-state index is 0.114. The third-order valence-corrected chi connectivity index (χ3v) is 4.03. The number of halogens is 1. The average molecular weight is 357 g/mol. The molecule has 0 saturated heterocycles. The summed E-state index contributed by atoms with van der Waals surface area (Å²) in [7, 11) is 0. The van der Waals surface area contributed by atoms with Gasteiger partial charge < -0.3 is 9.15 Å². The third-order valence-electron chi connectivity index (χ3n) is 3.80. The van der Waals surface area contributed by atoms with Gasteiger partial charge in [0.1, 0.15) is 5.58 Å². The molecule has 1 heterocycles. The Morgan fingerprint density at radius 1 is 1.12 bits per heavy atom. The minimum Gasteiger partial charge on any atom is -0.452 e. The van der Waals surface area contributed by atoms with Gasteiger partial charge in [-0.2, -0.15) is 0 Å². The summed E-state index contributed by atoms with van der Waals surface area (Å²) in [5.74, 6) is -0.756. The summed E-state index contributed by atoms with van der Waals surface area (Å²) in [5.41, 5.74) is 1.69. The lowest BCUT2D eigenvalue weighted by molar-refractivity contribution is -0.137. The van der Waals surface area contributed by atoms with Gasteiger partial charge in [-0.3, -0.25) is 9.59 Å². The number of hydrogen-bond donors (Lipinski definition) is 0. The summed E-state index contributed by atoms with van der Waals surface area (Å²) >= 11 is 5.99. The van der Waals surface area contributed by atoms with Crippen molar-refractivity contribution >= 4 is 28.5 Å². The van der Waals surface area contributed by atoms with Crippen molar-refractivity contribution in [3.8, 4) is 17.1 Å². The highest BCUT2D eigenvalue weighted by Gasteiger charge is 2.22. The Hall–Kier alpha value is -2.59. The van der Waals surface area contributed by atoms with E-state index >= 15 is 0 Å². The molecule has 0 unspecified atom stereocenters. The van der Waals surface area contributed by atoms with Gasteiger partial charge in [0.2, 0.25) is 11.2 Å². The maximum absolute atomic E-state index is 12.9. The standard InChI is InChI=1S/C20H17ClO4/c1-11(2)20(23)25-19-17(22)15-10-14(21)8-9-16(15)24-18(19)13-6-4-12(3)5-7-13/h4-11H,1-3H3. The highest BCUT2D eigenvalue weighted by atomic mass is 35.5. The second kappa shape index (κ2) is 6.73. The van der Waals surface area contributed by atoms with Crippen LogP contribution in [-0.4, -0.2) is 5.97 Å². The highest BCUT2D eigenvalue weighted by molar-refractivity contribution is 6.31. The van der Waals surface area contributed by atoms with Gasteiger partial charge in [-0.05, 0) is 25.1 Å². The second-order valence-electron chi connectivity index (χ2n) is 6.17. The molecule has 0 saturated carbocycles. The van der Waals surface area contributed by atoms with Crippen LogP contribution in [0.25, 0.3) is 22.3 Å². The predicted molar refractivity (Wildman–Crippen MR) is 98.1 cm³/mol. The summed E-state index contributed by atoms with van der Waals surface area (Å²) in [5, 5.41) is 0.680. The van der Waals surface area contributed by atoms with Gasteiger partial charge in [0.05, 0.1) is 11.3 Å².